The van der Waals surface area contributed by atoms with Gasteiger partial charge in [0.15, 0.2) is 0 Å². The van der Waals surface area contributed by atoms with Crippen molar-refractivity contribution < 1.29 is 4.74 Å². The van der Waals surface area contributed by atoms with Gasteiger partial charge < -0.3 is 19.9 Å². The lowest BCUT2D eigenvalue weighted by Crippen LogP contribution is -2.41. The van der Waals surface area contributed by atoms with Crippen molar-refractivity contribution in [1.29, 1.82) is 0 Å². The molecular weight excluding hydrogens is 226 g/mol. The van der Waals surface area contributed by atoms with E-state index in [4.69, 9.17) is 4.74 Å². The summed E-state index contributed by atoms with van der Waals surface area (Å²) in [5, 5.41) is 3.49. The predicted octanol–water partition coefficient (Wildman–Crippen LogP) is 1.13. The Labute approximate surface area is 114 Å². The minimum atomic E-state index is 0.435. The van der Waals surface area contributed by atoms with Crippen LogP contribution in [0.25, 0.3) is 0 Å². The Bertz CT molecular complexity index is 186. The lowest BCUT2D eigenvalue weighted by molar-refractivity contribution is 0.166. The van der Waals surface area contributed by atoms with E-state index in [0.717, 1.165) is 38.7 Å². The molecule has 0 aliphatic heterocycles. The molecule has 0 rings (SSSR count). The third-order valence-electron chi connectivity index (χ3n) is 2.82. The van der Waals surface area contributed by atoms with Gasteiger partial charge >= 0.3 is 0 Å². The van der Waals surface area contributed by atoms with Gasteiger partial charge in [-0.2, -0.15) is 0 Å². The summed E-state index contributed by atoms with van der Waals surface area (Å²) in [4.78, 5) is 4.78. The molecule has 0 fully saturated rings. The van der Waals surface area contributed by atoms with Gasteiger partial charge in [-0.1, -0.05) is 13.8 Å². The average molecular weight is 259 g/mol. The summed E-state index contributed by atoms with van der Waals surface area (Å²) in [6, 6.07) is 0.435. The summed E-state index contributed by atoms with van der Waals surface area (Å²) in [7, 11) is 6.01. The molecule has 0 amide bonds. The van der Waals surface area contributed by atoms with Crippen LogP contribution in [-0.4, -0.2) is 76.4 Å². The van der Waals surface area contributed by atoms with E-state index in [1.54, 1.807) is 7.11 Å². The monoisotopic (exact) mass is 259 g/mol. The average Bonchev–Trinajstić information content (AvgIpc) is 2.25. The Morgan fingerprint density at radius 2 is 1.72 bits per heavy atom. The summed E-state index contributed by atoms with van der Waals surface area (Å²) in [5.41, 5.74) is 0. The van der Waals surface area contributed by atoms with Crippen LogP contribution in [-0.2, 0) is 4.74 Å². The Kier molecular flexibility index (Phi) is 10.6. The molecule has 0 radical (unpaired) electrons. The molecule has 0 aromatic rings. The molecule has 1 unspecified atom stereocenters. The highest BCUT2D eigenvalue weighted by molar-refractivity contribution is 4.66. The summed E-state index contributed by atoms with van der Waals surface area (Å²) in [6.07, 6.45) is 0. The van der Waals surface area contributed by atoms with E-state index in [1.165, 1.54) is 6.54 Å². The minimum absolute atomic E-state index is 0.435. The second kappa shape index (κ2) is 10.7. The van der Waals surface area contributed by atoms with Crippen molar-refractivity contribution in [2.24, 2.45) is 5.92 Å². The van der Waals surface area contributed by atoms with Gasteiger partial charge in [-0.15, -0.1) is 0 Å². The lowest BCUT2D eigenvalue weighted by Gasteiger charge is -2.26. The first-order valence-corrected chi connectivity index (χ1v) is 7.05. The number of likely N-dealkylation sites (N-methyl/N-ethyl adjacent to an activating group) is 1. The standard InChI is InChI=1S/C14H33N3O/c1-13(2)11-17(10-9-16(4)5)8-7-15-14(3)12-18-6/h13-15H,7-12H2,1-6H3. The summed E-state index contributed by atoms with van der Waals surface area (Å²) in [5.74, 6) is 0.726. The van der Waals surface area contributed by atoms with Crippen LogP contribution in [0.15, 0.2) is 0 Å². The number of rotatable bonds is 11. The Morgan fingerprint density at radius 3 is 2.22 bits per heavy atom. The lowest BCUT2D eigenvalue weighted by atomic mass is 10.2. The van der Waals surface area contributed by atoms with Crippen molar-refractivity contribution in [1.82, 2.24) is 15.1 Å². The molecule has 0 aliphatic rings. The number of methoxy groups -OCH3 is 1. The fourth-order valence-corrected chi connectivity index (χ4v) is 1.93. The first-order chi connectivity index (χ1) is 8.45. The van der Waals surface area contributed by atoms with Crippen LogP contribution in [0.5, 0.6) is 0 Å². The maximum atomic E-state index is 5.12. The zero-order chi connectivity index (χ0) is 14.0. The zero-order valence-electron chi connectivity index (χ0n) is 13.2. The second-order valence-electron chi connectivity index (χ2n) is 5.81. The minimum Gasteiger partial charge on any atom is -0.383 e. The molecule has 0 bridgehead atoms. The van der Waals surface area contributed by atoms with E-state index in [2.05, 4.69) is 50.0 Å². The Morgan fingerprint density at radius 1 is 1.06 bits per heavy atom. The number of nitrogens with zero attached hydrogens (tertiary/aromatic N) is 2. The summed E-state index contributed by atoms with van der Waals surface area (Å²) >= 11 is 0. The molecule has 1 N–H and O–H groups in total. The molecule has 18 heavy (non-hydrogen) atoms. The normalized spacial score (nSPS) is 13.8. The molecule has 0 saturated heterocycles. The van der Waals surface area contributed by atoms with Crippen LogP contribution in [0.2, 0.25) is 0 Å². The molecule has 0 heterocycles. The Hall–Kier alpha value is -0.160. The van der Waals surface area contributed by atoms with Crippen molar-refractivity contribution >= 4 is 0 Å². The van der Waals surface area contributed by atoms with Gasteiger partial charge in [0.25, 0.3) is 0 Å². The molecular formula is C14H33N3O. The first kappa shape index (κ1) is 17.8. The molecule has 0 aromatic heterocycles. The number of hydrogen-bond acceptors (Lipinski definition) is 4. The third kappa shape index (κ3) is 11.0. The van der Waals surface area contributed by atoms with Gasteiger partial charge in [0.1, 0.15) is 0 Å². The van der Waals surface area contributed by atoms with E-state index >= 15 is 0 Å². The smallest absolute Gasteiger partial charge is 0.0613 e. The highest BCUT2D eigenvalue weighted by Gasteiger charge is 2.08. The topological polar surface area (TPSA) is 27.7 Å². The van der Waals surface area contributed by atoms with Gasteiger partial charge in [-0.3, -0.25) is 0 Å². The van der Waals surface area contributed by atoms with E-state index in [1.807, 2.05) is 0 Å². The van der Waals surface area contributed by atoms with E-state index in [0.29, 0.717) is 6.04 Å². The van der Waals surface area contributed by atoms with Gasteiger partial charge in [0, 0.05) is 45.9 Å². The van der Waals surface area contributed by atoms with Crippen molar-refractivity contribution in [2.45, 2.75) is 26.8 Å². The van der Waals surface area contributed by atoms with Crippen molar-refractivity contribution in [2.75, 3.05) is 60.5 Å². The first-order valence-electron chi connectivity index (χ1n) is 7.05. The van der Waals surface area contributed by atoms with Crippen LogP contribution >= 0.6 is 0 Å². The fraction of sp³-hybridized carbons (Fsp3) is 1.00. The number of ether oxygens (including phenoxy) is 1. The number of nitrogens with one attached hydrogen (secondary N) is 1. The molecule has 0 aliphatic carbocycles. The van der Waals surface area contributed by atoms with Gasteiger partial charge in [0.05, 0.1) is 6.61 Å². The largest absolute Gasteiger partial charge is 0.383 e. The SMILES string of the molecule is COCC(C)NCCN(CCN(C)C)CC(C)C. The van der Waals surface area contributed by atoms with Crippen LogP contribution in [0, 0.1) is 5.92 Å². The second-order valence-corrected chi connectivity index (χ2v) is 5.81. The summed E-state index contributed by atoms with van der Waals surface area (Å²) < 4.78 is 5.12. The van der Waals surface area contributed by atoms with Gasteiger partial charge in [0.2, 0.25) is 0 Å². The van der Waals surface area contributed by atoms with Gasteiger partial charge in [-0.25, -0.2) is 0 Å². The highest BCUT2D eigenvalue weighted by Crippen LogP contribution is 1.98. The molecule has 4 nitrogen and oxygen atoms in total. The quantitative estimate of drug-likeness (QED) is 0.602. The zero-order valence-corrected chi connectivity index (χ0v) is 13.2. The van der Waals surface area contributed by atoms with E-state index in [-0.39, 0.29) is 0 Å². The molecule has 0 saturated carbocycles. The van der Waals surface area contributed by atoms with Crippen LogP contribution in [0.4, 0.5) is 0 Å². The third-order valence-corrected chi connectivity index (χ3v) is 2.82. The fourth-order valence-electron chi connectivity index (χ4n) is 1.93. The molecule has 110 valence electrons. The summed E-state index contributed by atoms with van der Waals surface area (Å²) in [6.45, 7) is 13.1. The Balaban J connectivity index is 3.85. The highest BCUT2D eigenvalue weighted by atomic mass is 16.5. The van der Waals surface area contributed by atoms with Crippen molar-refractivity contribution in [3.8, 4) is 0 Å². The van der Waals surface area contributed by atoms with E-state index in [9.17, 15) is 0 Å². The van der Waals surface area contributed by atoms with Crippen LogP contribution in [0.3, 0.4) is 0 Å². The molecule has 0 aromatic carbocycles. The van der Waals surface area contributed by atoms with Crippen LogP contribution < -0.4 is 5.32 Å². The predicted molar refractivity (Wildman–Crippen MR) is 79.2 cm³/mol. The van der Waals surface area contributed by atoms with Gasteiger partial charge in [-0.05, 0) is 26.9 Å². The van der Waals surface area contributed by atoms with Crippen LogP contribution in [0.1, 0.15) is 20.8 Å². The number of hydrogen-bond donors (Lipinski definition) is 1. The van der Waals surface area contributed by atoms with Crippen molar-refractivity contribution in [3.63, 3.8) is 0 Å². The van der Waals surface area contributed by atoms with E-state index < -0.39 is 0 Å². The molecule has 0 spiro atoms. The van der Waals surface area contributed by atoms with Crippen molar-refractivity contribution in [3.05, 3.63) is 0 Å². The molecule has 1 atom stereocenters. The maximum absolute atomic E-state index is 5.12. The maximum Gasteiger partial charge on any atom is 0.0613 e. The molecule has 4 heteroatoms.